The Bertz CT molecular complexity index is 565. The van der Waals surface area contributed by atoms with Crippen LogP contribution in [0.15, 0.2) is 46.9 Å². The Balaban J connectivity index is 1.75. The summed E-state index contributed by atoms with van der Waals surface area (Å²) in [7, 11) is 0. The predicted octanol–water partition coefficient (Wildman–Crippen LogP) is 3.67. The Morgan fingerprint density at radius 3 is 2.79 bits per heavy atom. The minimum Gasteiger partial charge on any atom is -0.489 e. The van der Waals surface area contributed by atoms with Crippen LogP contribution in [0.2, 0.25) is 0 Å². The highest BCUT2D eigenvalue weighted by Crippen LogP contribution is 2.21. The number of hydrogen-bond acceptors (Lipinski definition) is 2. The smallest absolute Gasteiger partial charge is 0.119 e. The van der Waals surface area contributed by atoms with Crippen molar-refractivity contribution in [2.75, 3.05) is 6.54 Å². The molecule has 0 aliphatic carbocycles. The molecule has 0 amide bonds. The molecular formula is C16H16BrNO. The molecule has 3 heteroatoms. The zero-order valence-electron chi connectivity index (χ0n) is 10.7. The molecule has 2 aromatic carbocycles. The normalized spacial score (nSPS) is 13.9. The first-order valence-electron chi connectivity index (χ1n) is 6.51. The summed E-state index contributed by atoms with van der Waals surface area (Å²) in [5.74, 6) is 0.907. The van der Waals surface area contributed by atoms with E-state index in [0.717, 1.165) is 29.7 Å². The van der Waals surface area contributed by atoms with Crippen molar-refractivity contribution in [3.05, 3.63) is 63.6 Å². The number of hydrogen-bond donors (Lipinski definition) is 1. The minimum atomic E-state index is 0.631. The van der Waals surface area contributed by atoms with Gasteiger partial charge in [0, 0.05) is 11.0 Å². The summed E-state index contributed by atoms with van der Waals surface area (Å²) in [6.45, 7) is 2.66. The first kappa shape index (κ1) is 12.7. The van der Waals surface area contributed by atoms with Gasteiger partial charge >= 0.3 is 0 Å². The van der Waals surface area contributed by atoms with E-state index in [0.29, 0.717) is 6.61 Å². The Hall–Kier alpha value is -1.32. The van der Waals surface area contributed by atoms with Crippen LogP contribution in [-0.4, -0.2) is 6.54 Å². The van der Waals surface area contributed by atoms with Crippen LogP contribution in [0.4, 0.5) is 0 Å². The highest BCUT2D eigenvalue weighted by molar-refractivity contribution is 9.10. The van der Waals surface area contributed by atoms with Crippen LogP contribution in [0.5, 0.6) is 5.75 Å². The molecule has 1 heterocycles. The maximum atomic E-state index is 5.86. The Kier molecular flexibility index (Phi) is 3.85. The van der Waals surface area contributed by atoms with Gasteiger partial charge in [0.1, 0.15) is 12.4 Å². The van der Waals surface area contributed by atoms with Crippen LogP contribution >= 0.6 is 15.9 Å². The number of fused-ring (bicyclic) bond motifs is 1. The number of halogens is 1. The molecule has 1 aliphatic heterocycles. The van der Waals surface area contributed by atoms with Crippen molar-refractivity contribution < 1.29 is 4.74 Å². The third-order valence-corrected chi connectivity index (χ3v) is 3.98. The lowest BCUT2D eigenvalue weighted by Gasteiger charge is -2.20. The van der Waals surface area contributed by atoms with Gasteiger partial charge in [-0.25, -0.2) is 0 Å². The quantitative estimate of drug-likeness (QED) is 0.932. The third-order valence-electron chi connectivity index (χ3n) is 3.45. The summed E-state index contributed by atoms with van der Waals surface area (Å²) in [5.41, 5.74) is 4.15. The summed E-state index contributed by atoms with van der Waals surface area (Å²) in [5, 5.41) is 3.43. The topological polar surface area (TPSA) is 21.3 Å². The van der Waals surface area contributed by atoms with Gasteiger partial charge in [0.05, 0.1) is 0 Å². The van der Waals surface area contributed by atoms with Gasteiger partial charge in [0.2, 0.25) is 0 Å². The van der Waals surface area contributed by atoms with Gasteiger partial charge in [0.15, 0.2) is 0 Å². The molecule has 0 atom stereocenters. The van der Waals surface area contributed by atoms with Crippen LogP contribution in [0.25, 0.3) is 0 Å². The molecule has 19 heavy (non-hydrogen) atoms. The van der Waals surface area contributed by atoms with E-state index in [1.54, 1.807) is 0 Å². The molecular weight excluding hydrogens is 302 g/mol. The fourth-order valence-electron chi connectivity index (χ4n) is 2.41. The largest absolute Gasteiger partial charge is 0.489 e. The van der Waals surface area contributed by atoms with Crippen molar-refractivity contribution >= 4 is 15.9 Å². The van der Waals surface area contributed by atoms with Crippen molar-refractivity contribution in [1.29, 1.82) is 0 Å². The molecule has 0 radical (unpaired) electrons. The standard InChI is InChI=1S/C16H16BrNO/c17-14-4-6-15(7-5-14)19-11-13-3-1-2-12-8-9-18-10-16(12)13/h1-7,18H,8-11H2. The molecule has 0 unspecified atom stereocenters. The Labute approximate surface area is 121 Å². The van der Waals surface area contributed by atoms with E-state index < -0.39 is 0 Å². The lowest BCUT2D eigenvalue weighted by Crippen LogP contribution is -2.25. The van der Waals surface area contributed by atoms with Crippen molar-refractivity contribution in [3.63, 3.8) is 0 Å². The summed E-state index contributed by atoms with van der Waals surface area (Å²) in [6, 6.07) is 14.5. The summed E-state index contributed by atoms with van der Waals surface area (Å²) < 4.78 is 6.94. The fourth-order valence-corrected chi connectivity index (χ4v) is 2.68. The maximum absolute atomic E-state index is 5.86. The highest BCUT2D eigenvalue weighted by Gasteiger charge is 2.12. The second-order valence-electron chi connectivity index (χ2n) is 4.72. The second-order valence-corrected chi connectivity index (χ2v) is 5.64. The Morgan fingerprint density at radius 2 is 1.95 bits per heavy atom. The van der Waals surface area contributed by atoms with Gasteiger partial charge < -0.3 is 10.1 Å². The average molecular weight is 318 g/mol. The molecule has 0 bridgehead atoms. The average Bonchev–Trinajstić information content (AvgIpc) is 2.47. The van der Waals surface area contributed by atoms with Gasteiger partial charge in [-0.2, -0.15) is 0 Å². The molecule has 1 N–H and O–H groups in total. The molecule has 1 aliphatic rings. The van der Waals surface area contributed by atoms with E-state index in [9.17, 15) is 0 Å². The molecule has 3 rings (SSSR count). The molecule has 0 saturated carbocycles. The molecule has 2 nitrogen and oxygen atoms in total. The van der Waals surface area contributed by atoms with Crippen molar-refractivity contribution in [1.82, 2.24) is 5.32 Å². The predicted molar refractivity (Wildman–Crippen MR) is 80.3 cm³/mol. The van der Waals surface area contributed by atoms with E-state index in [1.165, 1.54) is 16.7 Å². The van der Waals surface area contributed by atoms with Gasteiger partial charge in [-0.15, -0.1) is 0 Å². The molecule has 98 valence electrons. The fraction of sp³-hybridized carbons (Fsp3) is 0.250. The molecule has 0 fully saturated rings. The van der Waals surface area contributed by atoms with Crippen molar-refractivity contribution in [3.8, 4) is 5.75 Å². The van der Waals surface area contributed by atoms with Crippen LogP contribution in [0.1, 0.15) is 16.7 Å². The maximum Gasteiger partial charge on any atom is 0.119 e. The van der Waals surface area contributed by atoms with Gasteiger partial charge in [-0.1, -0.05) is 34.1 Å². The van der Waals surface area contributed by atoms with E-state index in [1.807, 2.05) is 24.3 Å². The summed E-state index contributed by atoms with van der Waals surface area (Å²) in [4.78, 5) is 0. The van der Waals surface area contributed by atoms with Crippen LogP contribution in [0.3, 0.4) is 0 Å². The summed E-state index contributed by atoms with van der Waals surface area (Å²) >= 11 is 3.43. The number of benzene rings is 2. The highest BCUT2D eigenvalue weighted by atomic mass is 79.9. The SMILES string of the molecule is Brc1ccc(OCc2cccc3c2CNCC3)cc1. The number of nitrogens with one attached hydrogen (secondary N) is 1. The second kappa shape index (κ2) is 5.76. The molecule has 0 spiro atoms. The Morgan fingerprint density at radius 1 is 1.11 bits per heavy atom. The van der Waals surface area contributed by atoms with Crippen molar-refractivity contribution in [2.45, 2.75) is 19.6 Å². The van der Waals surface area contributed by atoms with E-state index in [2.05, 4.69) is 39.4 Å². The van der Waals surface area contributed by atoms with Crippen LogP contribution in [0, 0.1) is 0 Å². The van der Waals surface area contributed by atoms with Gasteiger partial charge in [-0.3, -0.25) is 0 Å². The van der Waals surface area contributed by atoms with E-state index in [4.69, 9.17) is 4.74 Å². The minimum absolute atomic E-state index is 0.631. The van der Waals surface area contributed by atoms with E-state index in [-0.39, 0.29) is 0 Å². The first-order chi connectivity index (χ1) is 9.33. The van der Waals surface area contributed by atoms with Gasteiger partial charge in [0.25, 0.3) is 0 Å². The van der Waals surface area contributed by atoms with Crippen LogP contribution < -0.4 is 10.1 Å². The number of ether oxygens (including phenoxy) is 1. The molecule has 0 saturated heterocycles. The third kappa shape index (κ3) is 2.99. The lowest BCUT2D eigenvalue weighted by atomic mass is 9.96. The number of rotatable bonds is 3. The van der Waals surface area contributed by atoms with Crippen molar-refractivity contribution in [2.24, 2.45) is 0 Å². The zero-order valence-corrected chi connectivity index (χ0v) is 12.2. The molecule has 0 aromatic heterocycles. The molecule has 2 aromatic rings. The zero-order chi connectivity index (χ0) is 13.1. The summed E-state index contributed by atoms with van der Waals surface area (Å²) in [6.07, 6.45) is 1.11. The lowest BCUT2D eigenvalue weighted by molar-refractivity contribution is 0.304. The van der Waals surface area contributed by atoms with Crippen LogP contribution in [-0.2, 0) is 19.6 Å². The van der Waals surface area contributed by atoms with E-state index >= 15 is 0 Å². The van der Waals surface area contributed by atoms with Gasteiger partial charge in [-0.05, 0) is 53.9 Å². The first-order valence-corrected chi connectivity index (χ1v) is 7.31. The monoisotopic (exact) mass is 317 g/mol.